The molecule has 0 aliphatic heterocycles. The van der Waals surface area contributed by atoms with Gasteiger partial charge < -0.3 is 0 Å². The van der Waals surface area contributed by atoms with Gasteiger partial charge in [-0.2, -0.15) is 18.4 Å². The Morgan fingerprint density at radius 2 is 1.67 bits per heavy atom. The topological polar surface area (TPSA) is 36.7 Å². The molecule has 18 heavy (non-hydrogen) atoms. The number of aromatic nitrogens is 1. The molecule has 0 aliphatic carbocycles. The van der Waals surface area contributed by atoms with E-state index in [1.165, 1.54) is 24.4 Å². The lowest BCUT2D eigenvalue weighted by Crippen LogP contribution is -2.03. The fraction of sp³-hybridized carbons (Fsp3) is 0.0769. The average Bonchev–Trinajstić information content (AvgIpc) is 2.38. The van der Waals surface area contributed by atoms with Crippen LogP contribution in [0.5, 0.6) is 0 Å². The van der Waals surface area contributed by atoms with Gasteiger partial charge in [0.1, 0.15) is 11.8 Å². The van der Waals surface area contributed by atoms with Crippen molar-refractivity contribution in [2.24, 2.45) is 0 Å². The van der Waals surface area contributed by atoms with Gasteiger partial charge in [0, 0.05) is 6.20 Å². The lowest BCUT2D eigenvalue weighted by molar-refractivity contribution is -0.137. The van der Waals surface area contributed by atoms with Crippen LogP contribution in [0.3, 0.4) is 0 Å². The van der Waals surface area contributed by atoms with Crippen molar-refractivity contribution >= 4 is 0 Å². The van der Waals surface area contributed by atoms with E-state index in [1.807, 2.05) is 6.07 Å². The predicted molar refractivity (Wildman–Crippen MR) is 59.4 cm³/mol. The highest BCUT2D eigenvalue weighted by Crippen LogP contribution is 2.30. The van der Waals surface area contributed by atoms with Crippen LogP contribution in [0.1, 0.15) is 11.3 Å². The number of nitrogens with zero attached hydrogens (tertiary/aromatic N) is 2. The molecule has 1 heterocycles. The molecular weight excluding hydrogens is 241 g/mol. The molecule has 2 aromatic rings. The van der Waals surface area contributed by atoms with Crippen LogP contribution >= 0.6 is 0 Å². The first-order valence-electron chi connectivity index (χ1n) is 5.04. The van der Waals surface area contributed by atoms with Crippen molar-refractivity contribution in [1.29, 1.82) is 5.26 Å². The lowest BCUT2D eigenvalue weighted by Gasteiger charge is -2.07. The molecule has 0 amide bonds. The minimum absolute atomic E-state index is 0.229. The van der Waals surface area contributed by atoms with Crippen molar-refractivity contribution in [3.63, 3.8) is 0 Å². The number of halogens is 3. The normalized spacial score (nSPS) is 11.0. The third-order valence-corrected chi connectivity index (χ3v) is 2.42. The Bertz CT molecular complexity index is 595. The highest BCUT2D eigenvalue weighted by molar-refractivity contribution is 5.64. The molecule has 2 rings (SSSR count). The van der Waals surface area contributed by atoms with Gasteiger partial charge in [-0.25, -0.2) is 4.98 Å². The van der Waals surface area contributed by atoms with Gasteiger partial charge >= 0.3 is 6.18 Å². The molecule has 0 radical (unpaired) electrons. The summed E-state index contributed by atoms with van der Waals surface area (Å²) in [6, 6.07) is 9.83. The lowest BCUT2D eigenvalue weighted by atomic mass is 10.0. The molecule has 0 bridgehead atoms. The molecule has 2 nitrogen and oxygen atoms in total. The molecule has 0 spiro atoms. The second kappa shape index (κ2) is 4.49. The molecule has 0 aliphatic rings. The Morgan fingerprint density at radius 1 is 1.00 bits per heavy atom. The van der Waals surface area contributed by atoms with Crippen molar-refractivity contribution in [3.8, 4) is 17.2 Å². The highest BCUT2D eigenvalue weighted by Gasteiger charge is 2.29. The molecular formula is C13H7F3N2. The van der Waals surface area contributed by atoms with Crippen LogP contribution in [0.2, 0.25) is 0 Å². The summed E-state index contributed by atoms with van der Waals surface area (Å²) < 4.78 is 37.2. The van der Waals surface area contributed by atoms with E-state index in [2.05, 4.69) is 4.98 Å². The van der Waals surface area contributed by atoms with Gasteiger partial charge in [0.05, 0.1) is 5.56 Å². The third kappa shape index (κ3) is 2.48. The molecule has 1 aromatic carbocycles. The molecule has 0 fully saturated rings. The summed E-state index contributed by atoms with van der Waals surface area (Å²) in [7, 11) is 0. The first-order chi connectivity index (χ1) is 8.50. The molecule has 0 unspecified atom stereocenters. The molecule has 0 atom stereocenters. The third-order valence-electron chi connectivity index (χ3n) is 2.42. The fourth-order valence-electron chi connectivity index (χ4n) is 1.52. The zero-order valence-corrected chi connectivity index (χ0v) is 9.07. The van der Waals surface area contributed by atoms with Crippen molar-refractivity contribution in [1.82, 2.24) is 4.98 Å². The number of alkyl halides is 3. The Morgan fingerprint density at radius 3 is 2.22 bits per heavy atom. The number of pyridine rings is 1. The zero-order valence-electron chi connectivity index (χ0n) is 9.07. The second-order valence-electron chi connectivity index (χ2n) is 3.62. The summed E-state index contributed by atoms with van der Waals surface area (Å²) >= 11 is 0. The van der Waals surface area contributed by atoms with Gasteiger partial charge in [0.25, 0.3) is 0 Å². The van der Waals surface area contributed by atoms with E-state index in [0.29, 0.717) is 11.1 Å². The van der Waals surface area contributed by atoms with E-state index < -0.39 is 11.7 Å². The number of benzene rings is 1. The maximum Gasteiger partial charge on any atom is 0.416 e. The van der Waals surface area contributed by atoms with Crippen LogP contribution in [-0.4, -0.2) is 4.98 Å². The summed E-state index contributed by atoms with van der Waals surface area (Å²) in [5.41, 5.74) is 0.811. The maximum absolute atomic E-state index is 12.4. The van der Waals surface area contributed by atoms with E-state index in [-0.39, 0.29) is 5.69 Å². The van der Waals surface area contributed by atoms with Gasteiger partial charge in [-0.3, -0.25) is 0 Å². The molecule has 5 heteroatoms. The standard InChI is InChI=1S/C13H7F3N2/c14-13(15,16)11-3-1-9(2-4-11)10-5-6-18-12(7-10)8-17/h1-7H. The van der Waals surface area contributed by atoms with Crippen LogP contribution in [-0.2, 0) is 6.18 Å². The van der Waals surface area contributed by atoms with Gasteiger partial charge in [-0.1, -0.05) is 12.1 Å². The largest absolute Gasteiger partial charge is 0.416 e. The van der Waals surface area contributed by atoms with E-state index in [0.717, 1.165) is 12.1 Å². The quantitative estimate of drug-likeness (QED) is 0.772. The molecule has 1 aromatic heterocycles. The molecule has 0 saturated carbocycles. The van der Waals surface area contributed by atoms with Crippen LogP contribution in [0.15, 0.2) is 42.6 Å². The SMILES string of the molecule is N#Cc1cc(-c2ccc(C(F)(F)F)cc2)ccn1. The monoisotopic (exact) mass is 248 g/mol. The van der Waals surface area contributed by atoms with E-state index in [9.17, 15) is 13.2 Å². The summed E-state index contributed by atoms with van der Waals surface area (Å²) in [6.45, 7) is 0. The first kappa shape index (κ1) is 12.1. The van der Waals surface area contributed by atoms with Crippen LogP contribution in [0, 0.1) is 11.3 Å². The summed E-state index contributed by atoms with van der Waals surface area (Å²) in [6.07, 6.45) is -2.89. The van der Waals surface area contributed by atoms with Crippen LogP contribution < -0.4 is 0 Å². The van der Waals surface area contributed by atoms with Crippen molar-refractivity contribution in [3.05, 3.63) is 53.9 Å². The summed E-state index contributed by atoms with van der Waals surface area (Å²) in [5.74, 6) is 0. The number of nitriles is 1. The highest BCUT2D eigenvalue weighted by atomic mass is 19.4. The Hall–Kier alpha value is -2.35. The van der Waals surface area contributed by atoms with Gasteiger partial charge in [-0.15, -0.1) is 0 Å². The number of rotatable bonds is 1. The molecule has 90 valence electrons. The Balaban J connectivity index is 2.38. The summed E-state index contributed by atoms with van der Waals surface area (Å²) in [4.78, 5) is 3.80. The maximum atomic E-state index is 12.4. The van der Waals surface area contributed by atoms with Crippen molar-refractivity contribution in [2.75, 3.05) is 0 Å². The van der Waals surface area contributed by atoms with Gasteiger partial charge in [0.2, 0.25) is 0 Å². The van der Waals surface area contributed by atoms with E-state index in [1.54, 1.807) is 6.07 Å². The van der Waals surface area contributed by atoms with Gasteiger partial charge in [0.15, 0.2) is 0 Å². The molecule has 0 N–H and O–H groups in total. The number of hydrogen-bond donors (Lipinski definition) is 0. The summed E-state index contributed by atoms with van der Waals surface area (Å²) in [5, 5.41) is 8.70. The van der Waals surface area contributed by atoms with Crippen LogP contribution in [0.25, 0.3) is 11.1 Å². The molecule has 0 saturated heterocycles. The van der Waals surface area contributed by atoms with E-state index in [4.69, 9.17) is 5.26 Å². The van der Waals surface area contributed by atoms with Crippen molar-refractivity contribution in [2.45, 2.75) is 6.18 Å². The van der Waals surface area contributed by atoms with Gasteiger partial charge in [-0.05, 0) is 35.4 Å². The minimum Gasteiger partial charge on any atom is -0.246 e. The number of hydrogen-bond acceptors (Lipinski definition) is 2. The Labute approximate surface area is 101 Å². The predicted octanol–water partition coefficient (Wildman–Crippen LogP) is 3.64. The van der Waals surface area contributed by atoms with Crippen molar-refractivity contribution < 1.29 is 13.2 Å². The second-order valence-corrected chi connectivity index (χ2v) is 3.62. The first-order valence-corrected chi connectivity index (χ1v) is 5.04. The zero-order chi connectivity index (χ0) is 13.2. The van der Waals surface area contributed by atoms with E-state index >= 15 is 0 Å². The van der Waals surface area contributed by atoms with Crippen LogP contribution in [0.4, 0.5) is 13.2 Å². The Kier molecular flexibility index (Phi) is 3.02. The minimum atomic E-state index is -4.34. The smallest absolute Gasteiger partial charge is 0.246 e. The average molecular weight is 248 g/mol. The fourth-order valence-corrected chi connectivity index (χ4v) is 1.52.